The van der Waals surface area contributed by atoms with E-state index in [4.69, 9.17) is 20.8 Å². The smallest absolute Gasteiger partial charge is 0.305 e. The van der Waals surface area contributed by atoms with Gasteiger partial charge in [0.1, 0.15) is 5.75 Å². The lowest BCUT2D eigenvalue weighted by atomic mass is 10.3. The van der Waals surface area contributed by atoms with Gasteiger partial charge in [-0.25, -0.2) is 0 Å². The molecule has 0 fully saturated rings. The van der Waals surface area contributed by atoms with E-state index in [-0.39, 0.29) is 12.4 Å². The normalized spacial score (nSPS) is 10.1. The number of carbonyl (C=O) groups is 2. The predicted octanol–water partition coefficient (Wildman–Crippen LogP) is 3.30. The molecule has 0 spiro atoms. The lowest BCUT2D eigenvalue weighted by Gasteiger charge is -2.09. The van der Waals surface area contributed by atoms with Crippen molar-refractivity contribution in [2.24, 2.45) is 0 Å². The fourth-order valence-corrected chi connectivity index (χ4v) is 2.43. The molecule has 2 rings (SSSR count). The molecule has 9 heteroatoms. The minimum absolute atomic E-state index is 0.0593. The van der Waals surface area contributed by atoms with Crippen LogP contribution < -0.4 is 15.6 Å². The van der Waals surface area contributed by atoms with Crippen LogP contribution in [0.15, 0.2) is 43.9 Å². The maximum atomic E-state index is 11.6. The first kappa shape index (κ1) is 16.9. The summed E-state index contributed by atoms with van der Waals surface area (Å²) in [5, 5.41) is 0.367. The summed E-state index contributed by atoms with van der Waals surface area (Å²) in [5.41, 5.74) is 4.40. The third-order valence-corrected chi connectivity index (χ3v) is 3.58. The Morgan fingerprint density at radius 3 is 2.59 bits per heavy atom. The highest BCUT2D eigenvalue weighted by atomic mass is 79.9. The number of hydrogen-bond acceptors (Lipinski definition) is 4. The van der Waals surface area contributed by atoms with E-state index in [9.17, 15) is 9.59 Å². The highest BCUT2D eigenvalue weighted by Gasteiger charge is 2.12. The Labute approximate surface area is 147 Å². The minimum atomic E-state index is -0.583. The topological polar surface area (TPSA) is 80.6 Å². The molecule has 2 aromatic rings. The van der Waals surface area contributed by atoms with Gasteiger partial charge in [-0.3, -0.25) is 20.4 Å². The number of furan rings is 1. The van der Waals surface area contributed by atoms with Gasteiger partial charge < -0.3 is 9.15 Å². The summed E-state index contributed by atoms with van der Waals surface area (Å²) in [7, 11) is 0. The van der Waals surface area contributed by atoms with Crippen molar-refractivity contribution in [1.82, 2.24) is 10.9 Å². The van der Waals surface area contributed by atoms with E-state index in [1.54, 1.807) is 24.3 Å². The minimum Gasteiger partial charge on any atom is -0.482 e. The zero-order chi connectivity index (χ0) is 16.1. The molecule has 0 saturated heterocycles. The molecule has 1 heterocycles. The molecule has 0 unspecified atom stereocenters. The van der Waals surface area contributed by atoms with Crippen LogP contribution in [0.2, 0.25) is 5.02 Å². The number of benzene rings is 1. The number of ether oxygens (including phenoxy) is 1. The average molecular weight is 452 g/mol. The second kappa shape index (κ2) is 7.66. The van der Waals surface area contributed by atoms with Crippen molar-refractivity contribution in [2.45, 2.75) is 0 Å². The van der Waals surface area contributed by atoms with Crippen molar-refractivity contribution in [3.8, 4) is 5.75 Å². The number of hydrogen-bond donors (Lipinski definition) is 2. The second-order valence-corrected chi connectivity index (χ2v) is 6.07. The molecule has 6 nitrogen and oxygen atoms in total. The summed E-state index contributed by atoms with van der Waals surface area (Å²) in [4.78, 5) is 23.2. The van der Waals surface area contributed by atoms with Crippen LogP contribution in [-0.4, -0.2) is 18.4 Å². The SMILES string of the molecule is O=C(COc1ccc(Br)cc1Cl)NNC(=O)c1ccc(Br)o1. The van der Waals surface area contributed by atoms with E-state index in [1.165, 1.54) is 6.07 Å². The molecule has 116 valence electrons. The van der Waals surface area contributed by atoms with Crippen LogP contribution in [0.5, 0.6) is 5.75 Å². The number of amides is 2. The number of halogens is 3. The predicted molar refractivity (Wildman–Crippen MR) is 86.7 cm³/mol. The molecule has 1 aromatic carbocycles. The number of rotatable bonds is 4. The Hall–Kier alpha value is -1.51. The fraction of sp³-hybridized carbons (Fsp3) is 0.0769. The summed E-state index contributed by atoms with van der Waals surface area (Å²) < 4.78 is 11.5. The van der Waals surface area contributed by atoms with Gasteiger partial charge in [0.25, 0.3) is 5.91 Å². The first-order chi connectivity index (χ1) is 10.5. The standard InChI is InChI=1S/C13H9Br2ClN2O4/c14-7-1-2-9(8(16)5-7)21-6-12(19)17-18-13(20)10-3-4-11(15)22-10/h1-5H,6H2,(H,17,19)(H,18,20). The van der Waals surface area contributed by atoms with Gasteiger partial charge in [0.15, 0.2) is 17.0 Å². The van der Waals surface area contributed by atoms with E-state index < -0.39 is 11.8 Å². The van der Waals surface area contributed by atoms with E-state index in [2.05, 4.69) is 42.7 Å². The lowest BCUT2D eigenvalue weighted by Crippen LogP contribution is -2.43. The first-order valence-electron chi connectivity index (χ1n) is 5.88. The van der Waals surface area contributed by atoms with Crippen LogP contribution in [0.1, 0.15) is 10.6 Å². The van der Waals surface area contributed by atoms with Gasteiger partial charge in [-0.2, -0.15) is 0 Å². The Bertz CT molecular complexity index is 705. The Morgan fingerprint density at radius 1 is 1.18 bits per heavy atom. The van der Waals surface area contributed by atoms with E-state index in [0.29, 0.717) is 15.4 Å². The van der Waals surface area contributed by atoms with Crippen LogP contribution >= 0.6 is 43.5 Å². The summed E-state index contributed by atoms with van der Waals surface area (Å²) in [6, 6.07) is 8.03. The maximum absolute atomic E-state index is 11.6. The highest BCUT2D eigenvalue weighted by Crippen LogP contribution is 2.27. The zero-order valence-corrected chi connectivity index (χ0v) is 14.8. The molecule has 0 bridgehead atoms. The summed E-state index contributed by atoms with van der Waals surface area (Å²) in [6.45, 7) is -0.302. The largest absolute Gasteiger partial charge is 0.482 e. The molecule has 0 atom stereocenters. The molecular weight excluding hydrogens is 443 g/mol. The van der Waals surface area contributed by atoms with Gasteiger partial charge in [-0.1, -0.05) is 27.5 Å². The maximum Gasteiger partial charge on any atom is 0.305 e. The van der Waals surface area contributed by atoms with Gasteiger partial charge in [-0.15, -0.1) is 0 Å². The number of carbonyl (C=O) groups excluding carboxylic acids is 2. The fourth-order valence-electron chi connectivity index (χ4n) is 1.40. The number of nitrogens with one attached hydrogen (secondary N) is 2. The summed E-state index contributed by atoms with van der Waals surface area (Å²) in [5.74, 6) is -0.705. The molecule has 0 aliphatic heterocycles. The second-order valence-electron chi connectivity index (χ2n) is 3.97. The van der Waals surface area contributed by atoms with Crippen LogP contribution in [-0.2, 0) is 4.79 Å². The Morgan fingerprint density at radius 2 is 1.95 bits per heavy atom. The van der Waals surface area contributed by atoms with Crippen molar-refractivity contribution in [3.63, 3.8) is 0 Å². The van der Waals surface area contributed by atoms with Gasteiger partial charge in [0.2, 0.25) is 0 Å². The van der Waals surface area contributed by atoms with Gasteiger partial charge in [-0.05, 0) is 46.3 Å². The Balaban J connectivity index is 1.79. The summed E-state index contributed by atoms with van der Waals surface area (Å²) >= 11 is 12.3. The molecule has 0 radical (unpaired) electrons. The van der Waals surface area contributed by atoms with Crippen molar-refractivity contribution in [3.05, 3.63) is 50.3 Å². The molecule has 0 saturated carbocycles. The first-order valence-corrected chi connectivity index (χ1v) is 7.84. The molecule has 1 aromatic heterocycles. The summed E-state index contributed by atoms with van der Waals surface area (Å²) in [6.07, 6.45) is 0. The van der Waals surface area contributed by atoms with Gasteiger partial charge >= 0.3 is 5.91 Å². The van der Waals surface area contributed by atoms with E-state index >= 15 is 0 Å². The molecular formula is C13H9Br2ClN2O4. The van der Waals surface area contributed by atoms with Crippen LogP contribution in [0.3, 0.4) is 0 Å². The molecule has 2 N–H and O–H groups in total. The third kappa shape index (κ3) is 4.75. The highest BCUT2D eigenvalue weighted by molar-refractivity contribution is 9.10. The Kier molecular flexibility index (Phi) is 5.87. The van der Waals surface area contributed by atoms with Crippen molar-refractivity contribution < 1.29 is 18.7 Å². The van der Waals surface area contributed by atoms with Crippen molar-refractivity contribution in [1.29, 1.82) is 0 Å². The van der Waals surface area contributed by atoms with Crippen molar-refractivity contribution in [2.75, 3.05) is 6.61 Å². The number of hydrazine groups is 1. The molecule has 22 heavy (non-hydrogen) atoms. The van der Waals surface area contributed by atoms with Gasteiger partial charge in [0.05, 0.1) is 5.02 Å². The van der Waals surface area contributed by atoms with Crippen molar-refractivity contribution >= 4 is 55.3 Å². The van der Waals surface area contributed by atoms with Gasteiger partial charge in [0, 0.05) is 4.47 Å². The lowest BCUT2D eigenvalue weighted by molar-refractivity contribution is -0.123. The monoisotopic (exact) mass is 450 g/mol. The van der Waals surface area contributed by atoms with E-state index in [1.807, 2.05) is 0 Å². The molecule has 0 aliphatic carbocycles. The average Bonchev–Trinajstić information content (AvgIpc) is 2.90. The molecule has 0 aliphatic rings. The quantitative estimate of drug-likeness (QED) is 0.698. The zero-order valence-electron chi connectivity index (χ0n) is 10.9. The van der Waals surface area contributed by atoms with Crippen LogP contribution in [0.4, 0.5) is 0 Å². The van der Waals surface area contributed by atoms with Crippen LogP contribution in [0.25, 0.3) is 0 Å². The third-order valence-electron chi connectivity index (χ3n) is 2.37. The van der Waals surface area contributed by atoms with Crippen LogP contribution in [0, 0.1) is 0 Å². The molecule has 2 amide bonds. The van der Waals surface area contributed by atoms with E-state index in [0.717, 1.165) is 4.47 Å².